The maximum absolute atomic E-state index is 13.4. The zero-order valence-corrected chi connectivity index (χ0v) is 11.3. The molecule has 0 bridgehead atoms. The molecule has 2 aromatic carbocycles. The molecule has 1 heterocycles. The normalized spacial score (nSPS) is 10.7. The zero-order chi connectivity index (χ0) is 13.9. The predicted molar refractivity (Wildman–Crippen MR) is 76.3 cm³/mol. The average Bonchev–Trinajstić information content (AvgIpc) is 2.92. The van der Waals surface area contributed by atoms with Crippen molar-refractivity contribution in [3.63, 3.8) is 0 Å². The van der Waals surface area contributed by atoms with Crippen LogP contribution in [-0.4, -0.2) is 14.8 Å². The van der Waals surface area contributed by atoms with Crippen LogP contribution in [0, 0.1) is 5.82 Å². The maximum Gasteiger partial charge on any atom is 0.168 e. The molecule has 3 rings (SSSR count). The number of benzene rings is 2. The predicted octanol–water partition coefficient (Wildman–Crippen LogP) is 3.81. The van der Waals surface area contributed by atoms with Crippen LogP contribution in [0.2, 0.25) is 0 Å². The van der Waals surface area contributed by atoms with Gasteiger partial charge in [0.25, 0.3) is 0 Å². The first-order valence-electron chi connectivity index (χ1n) is 6.11. The lowest BCUT2D eigenvalue weighted by molar-refractivity contribution is 0.628. The van der Waals surface area contributed by atoms with Crippen LogP contribution in [0.5, 0.6) is 0 Å². The Bertz CT molecular complexity index is 725. The van der Waals surface area contributed by atoms with E-state index in [0.717, 1.165) is 5.69 Å². The summed E-state index contributed by atoms with van der Waals surface area (Å²) in [6, 6.07) is 15.9. The van der Waals surface area contributed by atoms with E-state index in [4.69, 9.17) is 11.6 Å². The minimum Gasteiger partial charge on any atom is -0.278 e. The summed E-state index contributed by atoms with van der Waals surface area (Å²) in [5.41, 5.74) is 1.56. The molecule has 20 heavy (non-hydrogen) atoms. The van der Waals surface area contributed by atoms with E-state index in [0.29, 0.717) is 17.2 Å². The van der Waals surface area contributed by atoms with Crippen molar-refractivity contribution in [1.82, 2.24) is 14.8 Å². The van der Waals surface area contributed by atoms with Gasteiger partial charge in [0.05, 0.1) is 5.88 Å². The van der Waals surface area contributed by atoms with Crippen LogP contribution in [0.15, 0.2) is 54.6 Å². The van der Waals surface area contributed by atoms with Gasteiger partial charge in [-0.25, -0.2) is 4.39 Å². The fourth-order valence-corrected chi connectivity index (χ4v) is 2.24. The number of para-hydroxylation sites is 1. The standard InChI is InChI=1S/C15H11ClFN3/c16-10-14-18-19-15(11-5-4-6-12(17)9-11)20(14)13-7-2-1-3-8-13/h1-9H,10H2. The van der Waals surface area contributed by atoms with E-state index in [1.54, 1.807) is 12.1 Å². The van der Waals surface area contributed by atoms with Gasteiger partial charge < -0.3 is 0 Å². The second kappa shape index (κ2) is 5.43. The highest BCUT2D eigenvalue weighted by Gasteiger charge is 2.14. The Morgan fingerprint density at radius 1 is 1.00 bits per heavy atom. The summed E-state index contributed by atoms with van der Waals surface area (Å²) in [4.78, 5) is 0. The van der Waals surface area contributed by atoms with Gasteiger partial charge in [0.15, 0.2) is 11.6 Å². The monoisotopic (exact) mass is 287 g/mol. The van der Waals surface area contributed by atoms with Crippen LogP contribution in [-0.2, 0) is 5.88 Å². The SMILES string of the molecule is Fc1cccc(-c2nnc(CCl)n2-c2ccccc2)c1. The van der Waals surface area contributed by atoms with Crippen molar-refractivity contribution in [2.24, 2.45) is 0 Å². The Balaban J connectivity index is 2.20. The molecule has 0 aliphatic heterocycles. The summed E-state index contributed by atoms with van der Waals surface area (Å²) >= 11 is 5.92. The molecule has 0 saturated heterocycles. The second-order valence-corrected chi connectivity index (χ2v) is 4.52. The van der Waals surface area contributed by atoms with E-state index >= 15 is 0 Å². The van der Waals surface area contributed by atoms with Crippen LogP contribution in [0.3, 0.4) is 0 Å². The molecule has 1 aromatic heterocycles. The largest absolute Gasteiger partial charge is 0.278 e. The number of rotatable bonds is 3. The van der Waals surface area contributed by atoms with Crippen molar-refractivity contribution >= 4 is 11.6 Å². The molecule has 0 spiro atoms. The minimum absolute atomic E-state index is 0.233. The van der Waals surface area contributed by atoms with E-state index in [9.17, 15) is 4.39 Å². The topological polar surface area (TPSA) is 30.7 Å². The molecule has 5 heteroatoms. The van der Waals surface area contributed by atoms with E-state index in [1.165, 1.54) is 12.1 Å². The van der Waals surface area contributed by atoms with Gasteiger partial charge in [0.2, 0.25) is 0 Å². The summed E-state index contributed by atoms with van der Waals surface area (Å²) in [7, 11) is 0. The minimum atomic E-state index is -0.308. The first-order valence-corrected chi connectivity index (χ1v) is 6.64. The Hall–Kier alpha value is -2.20. The van der Waals surface area contributed by atoms with Gasteiger partial charge in [-0.2, -0.15) is 0 Å². The lowest BCUT2D eigenvalue weighted by Crippen LogP contribution is -2.01. The number of hydrogen-bond acceptors (Lipinski definition) is 2. The Kier molecular flexibility index (Phi) is 3.48. The third-order valence-corrected chi connectivity index (χ3v) is 3.19. The maximum atomic E-state index is 13.4. The highest BCUT2D eigenvalue weighted by Crippen LogP contribution is 2.24. The summed E-state index contributed by atoms with van der Waals surface area (Å²) < 4.78 is 15.2. The molecule has 0 unspecified atom stereocenters. The molecular formula is C15H11ClFN3. The Morgan fingerprint density at radius 3 is 2.50 bits per heavy atom. The quantitative estimate of drug-likeness (QED) is 0.686. The zero-order valence-electron chi connectivity index (χ0n) is 10.5. The third-order valence-electron chi connectivity index (χ3n) is 2.95. The Morgan fingerprint density at radius 2 is 1.80 bits per heavy atom. The molecule has 3 nitrogen and oxygen atoms in total. The van der Waals surface area contributed by atoms with Gasteiger partial charge in [-0.3, -0.25) is 4.57 Å². The fraction of sp³-hybridized carbons (Fsp3) is 0.0667. The summed E-state index contributed by atoms with van der Waals surface area (Å²) in [6.45, 7) is 0. The highest BCUT2D eigenvalue weighted by molar-refractivity contribution is 6.16. The number of nitrogens with zero attached hydrogens (tertiary/aromatic N) is 3. The number of alkyl halides is 1. The molecular weight excluding hydrogens is 277 g/mol. The van der Waals surface area contributed by atoms with Crippen molar-refractivity contribution in [2.75, 3.05) is 0 Å². The molecule has 0 saturated carbocycles. The molecule has 0 aliphatic rings. The average molecular weight is 288 g/mol. The highest BCUT2D eigenvalue weighted by atomic mass is 35.5. The van der Waals surface area contributed by atoms with Crippen LogP contribution < -0.4 is 0 Å². The van der Waals surface area contributed by atoms with Crippen molar-refractivity contribution in [1.29, 1.82) is 0 Å². The fourth-order valence-electron chi connectivity index (χ4n) is 2.07. The molecule has 0 radical (unpaired) electrons. The summed E-state index contributed by atoms with van der Waals surface area (Å²) in [6.07, 6.45) is 0. The van der Waals surface area contributed by atoms with Crippen LogP contribution >= 0.6 is 11.6 Å². The molecule has 3 aromatic rings. The number of hydrogen-bond donors (Lipinski definition) is 0. The smallest absolute Gasteiger partial charge is 0.168 e. The van der Waals surface area contributed by atoms with E-state index in [1.807, 2.05) is 34.9 Å². The molecule has 0 aliphatic carbocycles. The van der Waals surface area contributed by atoms with E-state index in [2.05, 4.69) is 10.2 Å². The van der Waals surface area contributed by atoms with Crippen LogP contribution in [0.4, 0.5) is 4.39 Å². The van der Waals surface area contributed by atoms with Crippen molar-refractivity contribution < 1.29 is 4.39 Å². The van der Waals surface area contributed by atoms with Crippen LogP contribution in [0.25, 0.3) is 17.1 Å². The molecule has 100 valence electrons. The van der Waals surface area contributed by atoms with Gasteiger partial charge in [-0.1, -0.05) is 30.3 Å². The van der Waals surface area contributed by atoms with E-state index < -0.39 is 0 Å². The first kappa shape index (κ1) is 12.8. The van der Waals surface area contributed by atoms with Gasteiger partial charge in [-0.15, -0.1) is 21.8 Å². The number of aromatic nitrogens is 3. The molecule has 0 N–H and O–H groups in total. The van der Waals surface area contributed by atoms with Crippen molar-refractivity contribution in [3.8, 4) is 17.1 Å². The van der Waals surface area contributed by atoms with Gasteiger partial charge in [-0.05, 0) is 24.3 Å². The van der Waals surface area contributed by atoms with Crippen molar-refractivity contribution in [3.05, 3.63) is 66.2 Å². The summed E-state index contributed by atoms with van der Waals surface area (Å²) in [5.74, 6) is 1.12. The lowest BCUT2D eigenvalue weighted by atomic mass is 10.2. The van der Waals surface area contributed by atoms with E-state index in [-0.39, 0.29) is 11.7 Å². The first-order chi connectivity index (χ1) is 9.79. The molecule has 0 fully saturated rings. The Labute approximate surface area is 120 Å². The van der Waals surface area contributed by atoms with Gasteiger partial charge in [0.1, 0.15) is 5.82 Å². The van der Waals surface area contributed by atoms with Crippen molar-refractivity contribution in [2.45, 2.75) is 5.88 Å². The van der Waals surface area contributed by atoms with Gasteiger partial charge >= 0.3 is 0 Å². The summed E-state index contributed by atoms with van der Waals surface area (Å²) in [5, 5.41) is 8.21. The van der Waals surface area contributed by atoms with Crippen LogP contribution in [0.1, 0.15) is 5.82 Å². The second-order valence-electron chi connectivity index (χ2n) is 4.25. The molecule has 0 atom stereocenters. The molecule has 0 amide bonds. The number of halogens is 2. The third kappa shape index (κ3) is 2.30. The van der Waals surface area contributed by atoms with Gasteiger partial charge in [0, 0.05) is 11.3 Å². The lowest BCUT2D eigenvalue weighted by Gasteiger charge is -2.09.